The SMILES string of the molecule is CN1CC(c2ccccc2)(c2cc(CCOCCC(=O)N(CCNCCc3ccc(O)c4c3OCC(=O)N4)CC3CCCC3)ccc2O)C1. The molecular formula is C39H50N4O6. The van der Waals surface area contributed by atoms with E-state index in [1.165, 1.54) is 31.2 Å². The molecule has 2 amide bonds. The van der Waals surface area contributed by atoms with Crippen molar-refractivity contribution in [1.82, 2.24) is 15.1 Å². The molecule has 49 heavy (non-hydrogen) atoms. The minimum absolute atomic E-state index is 0.00630. The van der Waals surface area contributed by atoms with Crippen LogP contribution in [0, 0.1) is 5.92 Å². The van der Waals surface area contributed by atoms with Crippen LogP contribution in [0.1, 0.15) is 54.4 Å². The number of anilines is 1. The van der Waals surface area contributed by atoms with Crippen molar-refractivity contribution in [2.75, 3.05) is 71.5 Å². The van der Waals surface area contributed by atoms with Gasteiger partial charge in [-0.1, -0.05) is 61.4 Å². The number of hydrogen-bond donors (Lipinski definition) is 4. The first-order valence-corrected chi connectivity index (χ1v) is 17.7. The van der Waals surface area contributed by atoms with Crippen molar-refractivity contribution >= 4 is 17.5 Å². The van der Waals surface area contributed by atoms with Crippen LogP contribution in [-0.4, -0.2) is 98.0 Å². The Labute approximate surface area is 289 Å². The molecule has 0 unspecified atom stereocenters. The molecule has 2 fully saturated rings. The zero-order chi connectivity index (χ0) is 34.2. The van der Waals surface area contributed by atoms with Gasteiger partial charge in [0.2, 0.25) is 5.91 Å². The third kappa shape index (κ3) is 8.37. The molecule has 3 aromatic carbocycles. The molecule has 1 aliphatic carbocycles. The first kappa shape index (κ1) is 34.7. The number of carbonyl (C=O) groups is 2. The number of rotatable bonds is 16. The molecule has 0 bridgehead atoms. The summed E-state index contributed by atoms with van der Waals surface area (Å²) in [4.78, 5) is 29.3. The summed E-state index contributed by atoms with van der Waals surface area (Å²) in [6.07, 6.45) is 6.53. The van der Waals surface area contributed by atoms with Gasteiger partial charge in [-0.05, 0) is 74.0 Å². The molecule has 0 aromatic heterocycles. The highest BCUT2D eigenvalue weighted by Crippen LogP contribution is 2.44. The van der Waals surface area contributed by atoms with Crippen molar-refractivity contribution in [2.24, 2.45) is 5.92 Å². The summed E-state index contributed by atoms with van der Waals surface area (Å²) in [5.41, 5.74) is 4.31. The van der Waals surface area contributed by atoms with E-state index in [0.717, 1.165) is 36.3 Å². The molecule has 1 saturated carbocycles. The van der Waals surface area contributed by atoms with Gasteiger partial charge in [0.05, 0.1) is 19.6 Å². The topological polar surface area (TPSA) is 124 Å². The predicted molar refractivity (Wildman–Crippen MR) is 189 cm³/mol. The molecular weight excluding hydrogens is 620 g/mol. The first-order chi connectivity index (χ1) is 23.8. The molecule has 4 N–H and O–H groups in total. The lowest BCUT2D eigenvalue weighted by Crippen LogP contribution is -2.58. The van der Waals surface area contributed by atoms with Crippen LogP contribution in [0.15, 0.2) is 60.7 Å². The lowest BCUT2D eigenvalue weighted by molar-refractivity contribution is -0.133. The first-order valence-electron chi connectivity index (χ1n) is 17.7. The molecule has 0 atom stereocenters. The van der Waals surface area contributed by atoms with E-state index in [1.807, 2.05) is 23.1 Å². The Balaban J connectivity index is 0.964. The van der Waals surface area contributed by atoms with Gasteiger partial charge in [0.15, 0.2) is 12.4 Å². The second-order valence-electron chi connectivity index (χ2n) is 13.9. The van der Waals surface area contributed by atoms with Gasteiger partial charge in [-0.3, -0.25) is 9.59 Å². The van der Waals surface area contributed by atoms with Gasteiger partial charge in [0.1, 0.15) is 17.2 Å². The predicted octanol–water partition coefficient (Wildman–Crippen LogP) is 4.46. The number of phenolic OH excluding ortho intramolecular Hbond substituents is 2. The molecule has 0 spiro atoms. The maximum absolute atomic E-state index is 13.4. The van der Waals surface area contributed by atoms with Crippen LogP contribution in [0.2, 0.25) is 0 Å². The third-order valence-corrected chi connectivity index (χ3v) is 10.2. The zero-order valence-corrected chi connectivity index (χ0v) is 28.6. The van der Waals surface area contributed by atoms with Gasteiger partial charge < -0.3 is 40.1 Å². The number of fused-ring (bicyclic) bond motifs is 1. The number of hydrogen-bond acceptors (Lipinski definition) is 8. The minimum atomic E-state index is -0.281. The van der Waals surface area contributed by atoms with Crippen LogP contribution < -0.4 is 15.4 Å². The maximum atomic E-state index is 13.4. The van der Waals surface area contributed by atoms with Crippen LogP contribution in [-0.2, 0) is 32.6 Å². The van der Waals surface area contributed by atoms with E-state index < -0.39 is 0 Å². The number of likely N-dealkylation sites (N-methyl/N-ethyl adjacent to an activating group) is 1. The largest absolute Gasteiger partial charge is 0.508 e. The molecule has 0 radical (unpaired) electrons. The van der Waals surface area contributed by atoms with Gasteiger partial charge >= 0.3 is 0 Å². The number of amides is 2. The molecule has 3 aliphatic rings. The van der Waals surface area contributed by atoms with Gasteiger partial charge in [-0.25, -0.2) is 0 Å². The third-order valence-electron chi connectivity index (χ3n) is 10.2. The summed E-state index contributed by atoms with van der Waals surface area (Å²) >= 11 is 0. The number of phenols is 2. The number of nitrogens with zero attached hydrogens (tertiary/aromatic N) is 2. The Hall–Kier alpha value is -4.12. The maximum Gasteiger partial charge on any atom is 0.262 e. The van der Waals surface area contributed by atoms with E-state index in [-0.39, 0.29) is 29.6 Å². The molecule has 2 heterocycles. The molecule has 10 nitrogen and oxygen atoms in total. The fraction of sp³-hybridized carbons (Fsp3) is 0.487. The molecule has 6 rings (SSSR count). The average Bonchev–Trinajstić information content (AvgIpc) is 3.61. The summed E-state index contributed by atoms with van der Waals surface area (Å²) in [5, 5.41) is 27.1. The highest BCUT2D eigenvalue weighted by atomic mass is 16.5. The van der Waals surface area contributed by atoms with Crippen LogP contribution in [0.3, 0.4) is 0 Å². The lowest BCUT2D eigenvalue weighted by atomic mass is 9.68. The summed E-state index contributed by atoms with van der Waals surface area (Å²) in [6.45, 7) is 5.28. The number of likely N-dealkylation sites (tertiary alicyclic amines) is 1. The number of aromatic hydroxyl groups is 2. The molecule has 10 heteroatoms. The second-order valence-corrected chi connectivity index (χ2v) is 13.9. The fourth-order valence-corrected chi connectivity index (χ4v) is 7.67. The van der Waals surface area contributed by atoms with Crippen molar-refractivity contribution in [3.8, 4) is 17.2 Å². The minimum Gasteiger partial charge on any atom is -0.508 e. The Morgan fingerprint density at radius 2 is 1.80 bits per heavy atom. The van der Waals surface area contributed by atoms with Gasteiger partial charge in [-0.15, -0.1) is 0 Å². The fourth-order valence-electron chi connectivity index (χ4n) is 7.67. The van der Waals surface area contributed by atoms with E-state index in [2.05, 4.69) is 52.9 Å². The van der Waals surface area contributed by atoms with Gasteiger partial charge in [0, 0.05) is 43.7 Å². The number of nitrogens with one attached hydrogen (secondary N) is 2. The second kappa shape index (κ2) is 16.1. The summed E-state index contributed by atoms with van der Waals surface area (Å²) in [6, 6.07) is 19.7. The van der Waals surface area contributed by atoms with E-state index in [0.29, 0.717) is 75.2 Å². The zero-order valence-electron chi connectivity index (χ0n) is 28.6. The van der Waals surface area contributed by atoms with E-state index in [1.54, 1.807) is 12.1 Å². The number of carbonyl (C=O) groups excluding carboxylic acids is 2. The van der Waals surface area contributed by atoms with Crippen LogP contribution >= 0.6 is 0 Å². The molecule has 1 saturated heterocycles. The number of benzene rings is 3. The van der Waals surface area contributed by atoms with Crippen LogP contribution in [0.5, 0.6) is 17.2 Å². The molecule has 262 valence electrons. The van der Waals surface area contributed by atoms with Crippen molar-refractivity contribution < 1.29 is 29.3 Å². The quantitative estimate of drug-likeness (QED) is 0.130. The van der Waals surface area contributed by atoms with Crippen LogP contribution in [0.4, 0.5) is 5.69 Å². The lowest BCUT2D eigenvalue weighted by Gasteiger charge is -2.49. The summed E-state index contributed by atoms with van der Waals surface area (Å²) < 4.78 is 11.6. The number of ether oxygens (including phenoxy) is 2. The Kier molecular flexibility index (Phi) is 11.4. The Morgan fingerprint density at radius 3 is 2.57 bits per heavy atom. The smallest absolute Gasteiger partial charge is 0.262 e. The van der Waals surface area contributed by atoms with E-state index in [4.69, 9.17) is 9.47 Å². The van der Waals surface area contributed by atoms with Crippen molar-refractivity contribution in [3.63, 3.8) is 0 Å². The van der Waals surface area contributed by atoms with Crippen molar-refractivity contribution in [2.45, 2.75) is 50.4 Å². The van der Waals surface area contributed by atoms with Crippen molar-refractivity contribution in [1.29, 1.82) is 0 Å². The van der Waals surface area contributed by atoms with Gasteiger partial charge in [-0.2, -0.15) is 0 Å². The summed E-state index contributed by atoms with van der Waals surface area (Å²) in [5.74, 6) is 1.24. The average molecular weight is 671 g/mol. The van der Waals surface area contributed by atoms with E-state index in [9.17, 15) is 19.8 Å². The Morgan fingerprint density at radius 1 is 1.02 bits per heavy atom. The van der Waals surface area contributed by atoms with Crippen molar-refractivity contribution in [3.05, 3.63) is 82.9 Å². The molecule has 2 aliphatic heterocycles. The summed E-state index contributed by atoms with van der Waals surface area (Å²) in [7, 11) is 2.10. The monoisotopic (exact) mass is 670 g/mol. The molecule has 3 aromatic rings. The van der Waals surface area contributed by atoms with E-state index >= 15 is 0 Å². The van der Waals surface area contributed by atoms with Gasteiger partial charge in [0.25, 0.3) is 5.91 Å². The standard InChI is InChI=1S/C39H50N4O6/c1-42-26-39(27-42,31-9-3-2-4-10-31)32-23-28(11-13-33(32)44)16-21-48-22-17-36(47)43(24-29-7-5-6-8-29)20-19-40-18-15-30-12-14-34(45)37-38(30)49-25-35(46)41-37/h2-4,9-14,23,29,40,44-45H,5-8,15-22,24-27H2,1H3,(H,41,46). The highest BCUT2D eigenvalue weighted by molar-refractivity contribution is 5.97. The van der Waals surface area contributed by atoms with Crippen LogP contribution in [0.25, 0.3) is 0 Å². The highest BCUT2D eigenvalue weighted by Gasteiger charge is 2.45. The Bertz CT molecular complexity index is 1590. The normalized spacial score (nSPS) is 17.2.